The first-order valence-electron chi connectivity index (χ1n) is 4.89. The lowest BCUT2D eigenvalue weighted by atomic mass is 10.1. The number of halogens is 4. The minimum atomic E-state index is -0.552. The van der Waals surface area contributed by atoms with Crippen molar-refractivity contribution < 1.29 is 8.78 Å². The topological polar surface area (TPSA) is 0 Å². The first-order valence-corrected chi connectivity index (χ1v) is 7.00. The first-order chi connectivity index (χ1) is 8.09. The summed E-state index contributed by atoms with van der Waals surface area (Å²) in [5.41, 5.74) is 0.0350. The molecule has 1 unspecified atom stereocenters. The predicted molar refractivity (Wildman–Crippen MR) is 70.7 cm³/mol. The summed E-state index contributed by atoms with van der Waals surface area (Å²) >= 11 is 11.0. The van der Waals surface area contributed by atoms with Crippen LogP contribution in [0.15, 0.2) is 34.1 Å². The molecule has 0 saturated heterocycles. The van der Waals surface area contributed by atoms with Crippen LogP contribution in [0.25, 0.3) is 0 Å². The highest BCUT2D eigenvalue weighted by Gasteiger charge is 2.18. The van der Waals surface area contributed by atoms with Gasteiger partial charge in [0.25, 0.3) is 0 Å². The van der Waals surface area contributed by atoms with Crippen LogP contribution in [0.4, 0.5) is 8.78 Å². The average Bonchev–Trinajstić information content (AvgIpc) is 2.70. The predicted octanol–water partition coefficient (Wildman–Crippen LogP) is 5.31. The molecule has 0 bridgehead atoms. The Morgan fingerprint density at radius 1 is 1.24 bits per heavy atom. The van der Waals surface area contributed by atoms with Gasteiger partial charge in [0, 0.05) is 14.9 Å². The van der Waals surface area contributed by atoms with Gasteiger partial charge in [0.05, 0.1) is 5.38 Å². The first kappa shape index (κ1) is 13.0. The number of rotatable bonds is 3. The molecule has 2 aromatic rings. The molecule has 17 heavy (non-hydrogen) atoms. The van der Waals surface area contributed by atoms with E-state index in [2.05, 4.69) is 15.9 Å². The van der Waals surface area contributed by atoms with E-state index in [4.69, 9.17) is 11.6 Å². The summed E-state index contributed by atoms with van der Waals surface area (Å²) in [4.78, 5) is 0.884. The molecule has 0 spiro atoms. The zero-order valence-corrected chi connectivity index (χ0v) is 11.7. The van der Waals surface area contributed by atoms with Gasteiger partial charge < -0.3 is 0 Å². The highest BCUT2D eigenvalue weighted by atomic mass is 79.9. The van der Waals surface area contributed by atoms with E-state index in [9.17, 15) is 8.78 Å². The lowest BCUT2D eigenvalue weighted by molar-refractivity contribution is 0.553. The van der Waals surface area contributed by atoms with Gasteiger partial charge in [-0.15, -0.1) is 22.9 Å². The molecule has 0 aliphatic rings. The van der Waals surface area contributed by atoms with Gasteiger partial charge in [0.15, 0.2) is 0 Å². The highest BCUT2D eigenvalue weighted by molar-refractivity contribution is 9.10. The van der Waals surface area contributed by atoms with E-state index in [1.165, 1.54) is 29.5 Å². The third-order valence-corrected chi connectivity index (χ3v) is 4.86. The second kappa shape index (κ2) is 5.46. The monoisotopic (exact) mass is 336 g/mol. The zero-order chi connectivity index (χ0) is 12.4. The van der Waals surface area contributed by atoms with Gasteiger partial charge in [0.1, 0.15) is 11.6 Å². The van der Waals surface area contributed by atoms with Crippen molar-refractivity contribution in [3.63, 3.8) is 0 Å². The van der Waals surface area contributed by atoms with Crippen molar-refractivity contribution in [2.75, 3.05) is 0 Å². The third kappa shape index (κ3) is 2.87. The van der Waals surface area contributed by atoms with Gasteiger partial charge in [0.2, 0.25) is 0 Å². The summed E-state index contributed by atoms with van der Waals surface area (Å²) in [7, 11) is 0. The molecule has 0 radical (unpaired) electrons. The average molecular weight is 338 g/mol. The number of thiophene rings is 1. The van der Waals surface area contributed by atoms with Gasteiger partial charge in [-0.2, -0.15) is 0 Å². The van der Waals surface area contributed by atoms with Crippen molar-refractivity contribution in [3.8, 4) is 0 Å². The molecule has 0 N–H and O–H groups in total. The van der Waals surface area contributed by atoms with E-state index in [-0.39, 0.29) is 12.0 Å². The molecular weight excluding hydrogens is 330 g/mol. The summed E-state index contributed by atoms with van der Waals surface area (Å²) in [6.07, 6.45) is 0.138. The molecular formula is C12H8BrClF2S. The van der Waals surface area contributed by atoms with Crippen LogP contribution in [-0.4, -0.2) is 0 Å². The number of hydrogen-bond acceptors (Lipinski definition) is 1. The van der Waals surface area contributed by atoms with Crippen molar-refractivity contribution in [1.29, 1.82) is 0 Å². The standard InChI is InChI=1S/C12H8BrClF2S/c13-8-4-5-17-12(8)9(14)6-7-10(15)2-1-3-11(7)16/h1-5,9H,6H2. The fourth-order valence-electron chi connectivity index (χ4n) is 1.53. The molecule has 1 aromatic heterocycles. The van der Waals surface area contributed by atoms with E-state index >= 15 is 0 Å². The third-order valence-electron chi connectivity index (χ3n) is 2.37. The molecule has 2 rings (SSSR count). The van der Waals surface area contributed by atoms with Crippen molar-refractivity contribution in [1.82, 2.24) is 0 Å². The zero-order valence-electron chi connectivity index (χ0n) is 8.59. The Hall–Kier alpha value is -0.450. The molecule has 0 aliphatic carbocycles. The van der Waals surface area contributed by atoms with Crippen LogP contribution in [0.1, 0.15) is 15.8 Å². The van der Waals surface area contributed by atoms with Gasteiger partial charge in [-0.25, -0.2) is 8.78 Å². The van der Waals surface area contributed by atoms with Crippen molar-refractivity contribution >= 4 is 38.9 Å². The SMILES string of the molecule is Fc1cccc(F)c1CC(Cl)c1sccc1Br. The lowest BCUT2D eigenvalue weighted by Crippen LogP contribution is -2.00. The van der Waals surface area contributed by atoms with E-state index in [1.807, 2.05) is 11.4 Å². The maximum Gasteiger partial charge on any atom is 0.129 e. The lowest BCUT2D eigenvalue weighted by Gasteiger charge is -2.10. The van der Waals surface area contributed by atoms with Gasteiger partial charge in [-0.05, 0) is 45.9 Å². The van der Waals surface area contributed by atoms with Crippen LogP contribution in [0.5, 0.6) is 0 Å². The number of alkyl halides is 1. The van der Waals surface area contributed by atoms with E-state index in [0.717, 1.165) is 9.35 Å². The molecule has 90 valence electrons. The van der Waals surface area contributed by atoms with E-state index < -0.39 is 17.0 Å². The van der Waals surface area contributed by atoms with Crippen LogP contribution >= 0.6 is 38.9 Å². The highest BCUT2D eigenvalue weighted by Crippen LogP contribution is 2.35. The molecule has 0 fully saturated rings. The fourth-order valence-corrected chi connectivity index (χ4v) is 3.71. The van der Waals surface area contributed by atoms with Gasteiger partial charge >= 0.3 is 0 Å². The van der Waals surface area contributed by atoms with Crippen LogP contribution < -0.4 is 0 Å². The smallest absolute Gasteiger partial charge is 0.129 e. The Balaban J connectivity index is 2.25. The molecule has 0 aliphatic heterocycles. The summed E-state index contributed by atoms with van der Waals surface area (Å²) < 4.78 is 27.8. The molecule has 1 atom stereocenters. The molecule has 0 amide bonds. The Bertz CT molecular complexity index is 507. The summed E-state index contributed by atoms with van der Waals surface area (Å²) in [6, 6.07) is 5.70. The Labute approximate surface area is 115 Å². The number of benzene rings is 1. The van der Waals surface area contributed by atoms with Crippen LogP contribution in [0.3, 0.4) is 0 Å². The quantitative estimate of drug-likeness (QED) is 0.666. The Morgan fingerprint density at radius 2 is 1.88 bits per heavy atom. The fraction of sp³-hybridized carbons (Fsp3) is 0.167. The van der Waals surface area contributed by atoms with Crippen molar-refractivity contribution in [2.45, 2.75) is 11.8 Å². The van der Waals surface area contributed by atoms with Gasteiger partial charge in [-0.3, -0.25) is 0 Å². The molecule has 5 heteroatoms. The maximum absolute atomic E-state index is 13.4. The minimum Gasteiger partial charge on any atom is -0.207 e. The van der Waals surface area contributed by atoms with Crippen LogP contribution in [-0.2, 0) is 6.42 Å². The van der Waals surface area contributed by atoms with Crippen molar-refractivity contribution in [2.24, 2.45) is 0 Å². The molecule has 0 nitrogen and oxygen atoms in total. The second-order valence-corrected chi connectivity index (χ2v) is 5.83. The molecule has 0 saturated carbocycles. The molecule has 1 aromatic carbocycles. The van der Waals surface area contributed by atoms with Crippen molar-refractivity contribution in [3.05, 3.63) is 56.2 Å². The summed E-state index contributed by atoms with van der Waals surface area (Å²) in [6.45, 7) is 0. The Kier molecular flexibility index (Phi) is 4.17. The normalized spacial score (nSPS) is 12.7. The Morgan fingerprint density at radius 3 is 2.41 bits per heavy atom. The summed E-state index contributed by atoms with van der Waals surface area (Å²) in [5, 5.41) is 1.45. The summed E-state index contributed by atoms with van der Waals surface area (Å²) in [5.74, 6) is -1.10. The van der Waals surface area contributed by atoms with E-state index in [1.54, 1.807) is 0 Å². The number of hydrogen-bond donors (Lipinski definition) is 0. The largest absolute Gasteiger partial charge is 0.207 e. The minimum absolute atomic E-state index is 0.0350. The molecule has 1 heterocycles. The second-order valence-electron chi connectivity index (χ2n) is 3.50. The van der Waals surface area contributed by atoms with Crippen LogP contribution in [0.2, 0.25) is 0 Å². The van der Waals surface area contributed by atoms with Gasteiger partial charge in [-0.1, -0.05) is 6.07 Å². The van der Waals surface area contributed by atoms with Crippen LogP contribution in [0, 0.1) is 11.6 Å². The maximum atomic E-state index is 13.4. The van der Waals surface area contributed by atoms with E-state index in [0.29, 0.717) is 0 Å².